The van der Waals surface area contributed by atoms with E-state index in [1.807, 2.05) is 0 Å². The molecule has 0 aliphatic heterocycles. The Bertz CT molecular complexity index is 307. The van der Waals surface area contributed by atoms with Gasteiger partial charge in [0.2, 0.25) is 0 Å². The Morgan fingerprint density at radius 3 is 2.47 bits per heavy atom. The van der Waals surface area contributed by atoms with Crippen LogP contribution in [0.15, 0.2) is 18.2 Å². The number of hydrogen-bond acceptors (Lipinski definition) is 2. The van der Waals surface area contributed by atoms with Gasteiger partial charge < -0.3 is 11.5 Å². The molecule has 0 aliphatic rings. The van der Waals surface area contributed by atoms with Gasteiger partial charge in [-0.3, -0.25) is 0 Å². The minimum atomic E-state index is -0.588. The molecule has 4 N–H and O–H groups in total. The lowest BCUT2D eigenvalue weighted by Crippen LogP contribution is -2.14. The minimum absolute atomic E-state index is 0. The molecule has 0 fully saturated rings. The zero-order chi connectivity index (χ0) is 10.6. The van der Waals surface area contributed by atoms with Gasteiger partial charge in [0.25, 0.3) is 0 Å². The Labute approximate surface area is 94.1 Å². The maximum Gasteiger partial charge on any atom is 0.130 e. The smallest absolute Gasteiger partial charge is 0.130 e. The zero-order valence-corrected chi connectivity index (χ0v) is 9.07. The monoisotopic (exact) mass is 236 g/mol. The highest BCUT2D eigenvalue weighted by molar-refractivity contribution is 5.85. The summed E-state index contributed by atoms with van der Waals surface area (Å²) in [6.45, 7) is 0.524. The van der Waals surface area contributed by atoms with E-state index in [0.717, 1.165) is 12.5 Å². The lowest BCUT2D eigenvalue weighted by Gasteiger charge is -2.11. The van der Waals surface area contributed by atoms with Crippen LogP contribution in [0.1, 0.15) is 24.4 Å². The highest BCUT2D eigenvalue weighted by Crippen LogP contribution is 2.19. The second-order valence-corrected chi connectivity index (χ2v) is 3.20. The highest BCUT2D eigenvalue weighted by Gasteiger charge is 2.11. The summed E-state index contributed by atoms with van der Waals surface area (Å²) in [5.41, 5.74) is 11.4. The van der Waals surface area contributed by atoms with Gasteiger partial charge in [-0.15, -0.1) is 12.4 Å². The summed E-state index contributed by atoms with van der Waals surface area (Å²) in [5, 5.41) is 0. The Hall–Kier alpha value is -0.710. The molecular formula is C10H15ClF2N2. The van der Waals surface area contributed by atoms with Crippen LogP contribution in [0.4, 0.5) is 8.78 Å². The molecule has 0 saturated carbocycles. The van der Waals surface area contributed by atoms with Gasteiger partial charge in [-0.2, -0.15) is 0 Å². The van der Waals surface area contributed by atoms with Gasteiger partial charge in [-0.25, -0.2) is 8.78 Å². The van der Waals surface area contributed by atoms with Gasteiger partial charge in [0.15, 0.2) is 0 Å². The van der Waals surface area contributed by atoms with Gasteiger partial charge in [0.1, 0.15) is 11.6 Å². The van der Waals surface area contributed by atoms with Crippen molar-refractivity contribution in [3.8, 4) is 0 Å². The largest absolute Gasteiger partial charge is 0.330 e. The molecule has 1 atom stereocenters. The first kappa shape index (κ1) is 14.3. The summed E-state index contributed by atoms with van der Waals surface area (Å²) >= 11 is 0. The van der Waals surface area contributed by atoms with Crippen molar-refractivity contribution in [3.63, 3.8) is 0 Å². The molecule has 0 bridgehead atoms. The Morgan fingerprint density at radius 1 is 1.27 bits per heavy atom. The van der Waals surface area contributed by atoms with Crippen molar-refractivity contribution in [1.82, 2.24) is 0 Å². The van der Waals surface area contributed by atoms with Crippen molar-refractivity contribution < 1.29 is 8.78 Å². The van der Waals surface area contributed by atoms with E-state index >= 15 is 0 Å². The van der Waals surface area contributed by atoms with Crippen molar-refractivity contribution in [2.75, 3.05) is 6.54 Å². The summed E-state index contributed by atoms with van der Waals surface area (Å²) < 4.78 is 25.7. The second-order valence-electron chi connectivity index (χ2n) is 3.20. The lowest BCUT2D eigenvalue weighted by atomic mass is 10.0. The fourth-order valence-corrected chi connectivity index (χ4v) is 1.30. The standard InChI is InChI=1S/C10H14F2N2.ClH/c11-7-3-4-8(9(12)6-7)10(14)2-1-5-13;/h3-4,6,10H,1-2,5,13-14H2;1H/t10-;/m1./s1. The van der Waals surface area contributed by atoms with Crippen LogP contribution in [0.3, 0.4) is 0 Å². The van der Waals surface area contributed by atoms with Crippen molar-refractivity contribution in [2.45, 2.75) is 18.9 Å². The summed E-state index contributed by atoms with van der Waals surface area (Å²) in [6, 6.07) is 3.03. The first-order valence-corrected chi connectivity index (χ1v) is 4.55. The van der Waals surface area contributed by atoms with E-state index in [2.05, 4.69) is 0 Å². The van der Waals surface area contributed by atoms with Crippen LogP contribution in [0.25, 0.3) is 0 Å². The predicted molar refractivity (Wildman–Crippen MR) is 58.8 cm³/mol. The fraction of sp³-hybridized carbons (Fsp3) is 0.400. The third-order valence-corrected chi connectivity index (χ3v) is 2.08. The normalized spacial score (nSPS) is 12.0. The number of nitrogens with two attached hydrogens (primary N) is 2. The molecule has 0 saturated heterocycles. The SMILES string of the molecule is Cl.NCCC[C@@H](N)c1ccc(F)cc1F. The maximum absolute atomic E-state index is 13.2. The maximum atomic E-state index is 13.2. The van der Waals surface area contributed by atoms with E-state index < -0.39 is 17.7 Å². The van der Waals surface area contributed by atoms with Crippen LogP contribution in [-0.4, -0.2) is 6.54 Å². The Morgan fingerprint density at radius 2 is 1.93 bits per heavy atom. The van der Waals surface area contributed by atoms with Crippen molar-refractivity contribution in [3.05, 3.63) is 35.4 Å². The highest BCUT2D eigenvalue weighted by atomic mass is 35.5. The molecule has 0 unspecified atom stereocenters. The van der Waals surface area contributed by atoms with Crippen LogP contribution in [-0.2, 0) is 0 Å². The van der Waals surface area contributed by atoms with E-state index in [9.17, 15) is 8.78 Å². The molecule has 0 amide bonds. The van der Waals surface area contributed by atoms with Gasteiger partial charge in [-0.1, -0.05) is 6.07 Å². The molecule has 86 valence electrons. The second kappa shape index (κ2) is 6.71. The van der Waals surface area contributed by atoms with Crippen LogP contribution in [0.2, 0.25) is 0 Å². The van der Waals surface area contributed by atoms with Crippen LogP contribution >= 0.6 is 12.4 Å². The quantitative estimate of drug-likeness (QED) is 0.842. The van der Waals surface area contributed by atoms with Crippen LogP contribution < -0.4 is 11.5 Å². The van der Waals surface area contributed by atoms with Gasteiger partial charge in [-0.05, 0) is 25.5 Å². The Kier molecular flexibility index (Phi) is 6.40. The summed E-state index contributed by atoms with van der Waals surface area (Å²) in [6.07, 6.45) is 1.34. The molecular weight excluding hydrogens is 222 g/mol. The molecule has 0 aromatic heterocycles. The molecule has 0 heterocycles. The molecule has 0 spiro atoms. The average molecular weight is 237 g/mol. The third kappa shape index (κ3) is 4.11. The molecule has 0 radical (unpaired) electrons. The van der Waals surface area contributed by atoms with Crippen molar-refractivity contribution in [1.29, 1.82) is 0 Å². The molecule has 5 heteroatoms. The van der Waals surface area contributed by atoms with E-state index in [0.29, 0.717) is 18.5 Å². The Balaban J connectivity index is 0.00000196. The van der Waals surface area contributed by atoms with Crippen molar-refractivity contribution in [2.24, 2.45) is 11.5 Å². The molecule has 2 nitrogen and oxygen atoms in total. The molecule has 0 aliphatic carbocycles. The third-order valence-electron chi connectivity index (χ3n) is 2.08. The lowest BCUT2D eigenvalue weighted by molar-refractivity contribution is 0.537. The summed E-state index contributed by atoms with van der Waals surface area (Å²) in [4.78, 5) is 0. The first-order chi connectivity index (χ1) is 6.65. The van der Waals surface area contributed by atoms with Gasteiger partial charge >= 0.3 is 0 Å². The fourth-order valence-electron chi connectivity index (χ4n) is 1.30. The zero-order valence-electron chi connectivity index (χ0n) is 8.25. The first-order valence-electron chi connectivity index (χ1n) is 4.55. The average Bonchev–Trinajstić information content (AvgIpc) is 2.14. The molecule has 1 aromatic rings. The van der Waals surface area contributed by atoms with Crippen LogP contribution in [0.5, 0.6) is 0 Å². The number of hydrogen-bond donors (Lipinski definition) is 2. The molecule has 1 aromatic carbocycles. The van der Waals surface area contributed by atoms with E-state index in [1.165, 1.54) is 12.1 Å². The van der Waals surface area contributed by atoms with Gasteiger partial charge in [0, 0.05) is 17.7 Å². The molecule has 15 heavy (non-hydrogen) atoms. The minimum Gasteiger partial charge on any atom is -0.330 e. The van der Waals surface area contributed by atoms with E-state index in [4.69, 9.17) is 11.5 Å². The predicted octanol–water partition coefficient (Wildman–Crippen LogP) is 2.13. The summed E-state index contributed by atoms with van der Waals surface area (Å²) in [5.74, 6) is -1.17. The van der Waals surface area contributed by atoms with Crippen molar-refractivity contribution >= 4 is 12.4 Å². The topological polar surface area (TPSA) is 52.0 Å². The van der Waals surface area contributed by atoms with Gasteiger partial charge in [0.05, 0.1) is 0 Å². The number of halogens is 3. The summed E-state index contributed by atoms with van der Waals surface area (Å²) in [7, 11) is 0. The van der Waals surface area contributed by atoms with E-state index in [-0.39, 0.29) is 12.4 Å². The van der Waals surface area contributed by atoms with E-state index in [1.54, 1.807) is 0 Å². The molecule has 1 rings (SSSR count). The van der Waals surface area contributed by atoms with Crippen LogP contribution in [0, 0.1) is 11.6 Å². The number of benzene rings is 1. The number of rotatable bonds is 4.